The van der Waals surface area contributed by atoms with Gasteiger partial charge in [-0.1, -0.05) is 24.3 Å². The van der Waals surface area contributed by atoms with E-state index < -0.39 is 4.92 Å². The number of anilines is 2. The molecule has 0 saturated heterocycles. The lowest BCUT2D eigenvalue weighted by atomic mass is 10.0. The summed E-state index contributed by atoms with van der Waals surface area (Å²) < 4.78 is 0. The van der Waals surface area contributed by atoms with E-state index in [0.29, 0.717) is 11.4 Å². The zero-order valence-electron chi connectivity index (χ0n) is 22.7. The van der Waals surface area contributed by atoms with Gasteiger partial charge in [-0.2, -0.15) is 10.2 Å². The highest BCUT2D eigenvalue weighted by Crippen LogP contribution is 2.35. The molecule has 5 rings (SSSR count). The van der Waals surface area contributed by atoms with Crippen LogP contribution in [-0.4, -0.2) is 43.1 Å². The molecule has 4 aromatic carbocycles. The standard InChI is InChI=1S/C31H29N7O2/c1-36(2)26-15-7-21(8-16-26)29-30(22-9-17-27(18-10-22)37(3)4)33-31(32-29)23-5-11-24(12-6-23)34-35-25-13-19-28(20-14-25)38(39)40/h5-20H,1-4H3,(H,32,33). The van der Waals surface area contributed by atoms with E-state index in [4.69, 9.17) is 4.98 Å². The van der Waals surface area contributed by atoms with Gasteiger partial charge in [-0.05, 0) is 60.7 Å². The van der Waals surface area contributed by atoms with Gasteiger partial charge in [0.2, 0.25) is 0 Å². The van der Waals surface area contributed by atoms with Crippen molar-refractivity contribution < 1.29 is 4.92 Å². The van der Waals surface area contributed by atoms with Crippen molar-refractivity contribution in [2.75, 3.05) is 38.0 Å². The van der Waals surface area contributed by atoms with Crippen molar-refractivity contribution in [1.29, 1.82) is 0 Å². The minimum atomic E-state index is -0.442. The Morgan fingerprint density at radius 1 is 0.650 bits per heavy atom. The number of hydrogen-bond donors (Lipinski definition) is 1. The summed E-state index contributed by atoms with van der Waals surface area (Å²) in [6.45, 7) is 0. The maximum absolute atomic E-state index is 10.8. The van der Waals surface area contributed by atoms with Crippen molar-refractivity contribution in [2.24, 2.45) is 10.2 Å². The van der Waals surface area contributed by atoms with E-state index in [2.05, 4.69) is 73.5 Å². The molecule has 0 atom stereocenters. The fourth-order valence-corrected chi connectivity index (χ4v) is 4.21. The number of nitrogens with zero attached hydrogens (tertiary/aromatic N) is 6. The van der Waals surface area contributed by atoms with Crippen LogP contribution in [0.15, 0.2) is 107 Å². The van der Waals surface area contributed by atoms with Crippen LogP contribution in [0, 0.1) is 10.1 Å². The SMILES string of the molecule is CN(C)c1ccc(-c2nc(-c3ccc(N=Nc4ccc([N+](=O)[O-])cc4)cc3)[nH]c2-c2ccc(N(C)C)cc2)cc1. The van der Waals surface area contributed by atoms with Crippen molar-refractivity contribution in [3.05, 3.63) is 107 Å². The van der Waals surface area contributed by atoms with Crippen LogP contribution in [0.2, 0.25) is 0 Å². The molecular formula is C31H29N7O2. The first kappa shape index (κ1) is 26.3. The predicted octanol–water partition coefficient (Wildman–Crippen LogP) is 7.87. The average Bonchev–Trinajstić information content (AvgIpc) is 3.42. The lowest BCUT2D eigenvalue weighted by Crippen LogP contribution is -2.08. The summed E-state index contributed by atoms with van der Waals surface area (Å²) in [5.74, 6) is 0.747. The molecule has 0 radical (unpaired) electrons. The van der Waals surface area contributed by atoms with Gasteiger partial charge in [0.1, 0.15) is 5.82 Å². The largest absolute Gasteiger partial charge is 0.378 e. The number of non-ortho nitro benzene ring substituents is 1. The summed E-state index contributed by atoms with van der Waals surface area (Å²) in [7, 11) is 8.09. The molecule has 0 aliphatic rings. The number of imidazole rings is 1. The average molecular weight is 532 g/mol. The van der Waals surface area contributed by atoms with Gasteiger partial charge < -0.3 is 14.8 Å². The highest BCUT2D eigenvalue weighted by molar-refractivity contribution is 5.82. The molecule has 0 spiro atoms. The first-order chi connectivity index (χ1) is 19.3. The molecule has 5 aromatic rings. The molecule has 1 heterocycles. The smallest absolute Gasteiger partial charge is 0.269 e. The third kappa shape index (κ3) is 5.73. The Morgan fingerprint density at radius 3 is 1.57 bits per heavy atom. The molecule has 9 heteroatoms. The van der Waals surface area contributed by atoms with Crippen LogP contribution in [0.25, 0.3) is 33.9 Å². The number of benzene rings is 4. The van der Waals surface area contributed by atoms with Crippen molar-refractivity contribution in [3.63, 3.8) is 0 Å². The van der Waals surface area contributed by atoms with E-state index in [1.54, 1.807) is 12.1 Å². The van der Waals surface area contributed by atoms with Crippen LogP contribution < -0.4 is 9.80 Å². The van der Waals surface area contributed by atoms with Crippen molar-refractivity contribution in [3.8, 4) is 33.9 Å². The molecule has 0 fully saturated rings. The Kier molecular flexibility index (Phi) is 7.37. The Labute approximate surface area is 232 Å². The number of azo groups is 1. The summed E-state index contributed by atoms with van der Waals surface area (Å²) in [6, 6.07) is 30.3. The van der Waals surface area contributed by atoms with Crippen LogP contribution in [0.3, 0.4) is 0 Å². The van der Waals surface area contributed by atoms with Gasteiger partial charge in [0, 0.05) is 68.4 Å². The molecular weight excluding hydrogens is 502 g/mol. The fourth-order valence-electron chi connectivity index (χ4n) is 4.21. The summed E-state index contributed by atoms with van der Waals surface area (Å²) >= 11 is 0. The monoisotopic (exact) mass is 531 g/mol. The second kappa shape index (κ2) is 11.2. The molecule has 0 aliphatic carbocycles. The number of H-pyrrole nitrogens is 1. The lowest BCUT2D eigenvalue weighted by Gasteiger charge is -2.13. The molecule has 9 nitrogen and oxygen atoms in total. The summed E-state index contributed by atoms with van der Waals surface area (Å²) in [6.07, 6.45) is 0. The van der Waals surface area contributed by atoms with Gasteiger partial charge in [0.05, 0.1) is 27.7 Å². The number of nitrogens with one attached hydrogen (secondary N) is 1. The fraction of sp³-hybridized carbons (Fsp3) is 0.129. The zero-order valence-corrected chi connectivity index (χ0v) is 22.7. The number of nitro groups is 1. The zero-order chi connectivity index (χ0) is 28.2. The van der Waals surface area contributed by atoms with Crippen LogP contribution in [-0.2, 0) is 0 Å². The third-order valence-electron chi connectivity index (χ3n) is 6.52. The number of nitro benzene ring substituents is 1. The van der Waals surface area contributed by atoms with E-state index in [9.17, 15) is 10.1 Å². The molecule has 0 aliphatic heterocycles. The van der Waals surface area contributed by atoms with Gasteiger partial charge in [0.15, 0.2) is 0 Å². The maximum Gasteiger partial charge on any atom is 0.269 e. The summed E-state index contributed by atoms with van der Waals surface area (Å²) in [5.41, 5.74) is 8.26. The lowest BCUT2D eigenvalue weighted by molar-refractivity contribution is -0.384. The second-order valence-corrected chi connectivity index (χ2v) is 9.71. The normalized spacial score (nSPS) is 11.1. The third-order valence-corrected chi connectivity index (χ3v) is 6.52. The molecule has 40 heavy (non-hydrogen) atoms. The molecule has 1 N–H and O–H groups in total. The van der Waals surface area contributed by atoms with Crippen LogP contribution in [0.5, 0.6) is 0 Å². The van der Waals surface area contributed by atoms with Crippen molar-refractivity contribution >= 4 is 28.4 Å². The van der Waals surface area contributed by atoms with Crippen LogP contribution in [0.4, 0.5) is 28.4 Å². The Bertz CT molecular complexity index is 1570. The van der Waals surface area contributed by atoms with E-state index in [0.717, 1.165) is 45.3 Å². The highest BCUT2D eigenvalue weighted by atomic mass is 16.6. The molecule has 0 amide bonds. The minimum Gasteiger partial charge on any atom is -0.378 e. The summed E-state index contributed by atoms with van der Waals surface area (Å²) in [5, 5.41) is 19.3. The Balaban J connectivity index is 1.46. The maximum atomic E-state index is 10.8. The van der Waals surface area contributed by atoms with Crippen molar-refractivity contribution in [1.82, 2.24) is 9.97 Å². The Hall–Kier alpha value is -5.31. The number of aromatic nitrogens is 2. The van der Waals surface area contributed by atoms with Crippen LogP contribution in [0.1, 0.15) is 0 Å². The quantitative estimate of drug-likeness (QED) is 0.125. The molecule has 0 bridgehead atoms. The number of rotatable bonds is 8. The van der Waals surface area contributed by atoms with E-state index in [1.807, 2.05) is 52.5 Å². The molecule has 1 aromatic heterocycles. The van der Waals surface area contributed by atoms with Gasteiger partial charge in [-0.3, -0.25) is 10.1 Å². The van der Waals surface area contributed by atoms with Crippen molar-refractivity contribution in [2.45, 2.75) is 0 Å². The van der Waals surface area contributed by atoms with E-state index in [-0.39, 0.29) is 5.69 Å². The first-order valence-corrected chi connectivity index (χ1v) is 12.7. The topological polar surface area (TPSA) is 103 Å². The van der Waals surface area contributed by atoms with Crippen LogP contribution >= 0.6 is 0 Å². The number of hydrogen-bond acceptors (Lipinski definition) is 7. The van der Waals surface area contributed by atoms with Gasteiger partial charge >= 0.3 is 0 Å². The highest BCUT2D eigenvalue weighted by Gasteiger charge is 2.16. The predicted molar refractivity (Wildman–Crippen MR) is 161 cm³/mol. The minimum absolute atomic E-state index is 0.0165. The molecule has 200 valence electrons. The van der Waals surface area contributed by atoms with Gasteiger partial charge in [0.25, 0.3) is 5.69 Å². The molecule has 0 saturated carbocycles. The number of aromatic amines is 1. The molecule has 0 unspecified atom stereocenters. The van der Waals surface area contributed by atoms with Gasteiger partial charge in [-0.15, -0.1) is 0 Å². The first-order valence-electron chi connectivity index (χ1n) is 12.7. The second-order valence-electron chi connectivity index (χ2n) is 9.71. The Morgan fingerprint density at radius 2 is 1.10 bits per heavy atom. The summed E-state index contributed by atoms with van der Waals surface area (Å²) in [4.78, 5) is 23.1. The van der Waals surface area contributed by atoms with E-state index in [1.165, 1.54) is 12.1 Å². The van der Waals surface area contributed by atoms with E-state index >= 15 is 0 Å². The van der Waals surface area contributed by atoms with Gasteiger partial charge in [-0.25, -0.2) is 4.98 Å².